The van der Waals surface area contributed by atoms with Gasteiger partial charge in [-0.3, -0.25) is 4.79 Å². The van der Waals surface area contributed by atoms with Crippen LogP contribution in [0.15, 0.2) is 12.7 Å². The van der Waals surface area contributed by atoms with Crippen LogP contribution in [0.25, 0.3) is 0 Å². The number of carbonyl (C=O) groups is 1. The van der Waals surface area contributed by atoms with E-state index >= 15 is 0 Å². The highest BCUT2D eigenvalue weighted by molar-refractivity contribution is 5.76. The van der Waals surface area contributed by atoms with Crippen LogP contribution in [0.2, 0.25) is 0 Å². The molecule has 0 aromatic heterocycles. The maximum atomic E-state index is 11.6. The zero-order valence-electron chi connectivity index (χ0n) is 8.79. The Labute approximate surface area is 85.5 Å². The average molecular weight is 197 g/mol. The van der Waals surface area contributed by atoms with E-state index in [1.165, 1.54) is 6.42 Å². The highest BCUT2D eigenvalue weighted by atomic mass is 16.5. The molecule has 0 spiro atoms. The van der Waals surface area contributed by atoms with Crippen LogP contribution < -0.4 is 5.32 Å². The zero-order valence-corrected chi connectivity index (χ0v) is 8.79. The van der Waals surface area contributed by atoms with Crippen LogP contribution in [0.4, 0.5) is 0 Å². The molecule has 0 aromatic carbocycles. The van der Waals surface area contributed by atoms with Crippen LogP contribution in [0.5, 0.6) is 0 Å². The summed E-state index contributed by atoms with van der Waals surface area (Å²) in [5.74, 6) is 0.355. The first-order chi connectivity index (χ1) is 6.79. The van der Waals surface area contributed by atoms with Gasteiger partial charge in [0.15, 0.2) is 0 Å². The fraction of sp³-hybridized carbons (Fsp3) is 0.727. The standard InChI is InChI=1S/C11H19NO2/c1-3-8-12-10(9-6-5-7-9)11(13)14-4-2/h3,9-10,12H,1,4-8H2,2H3. The van der Waals surface area contributed by atoms with Crippen molar-refractivity contribution in [1.82, 2.24) is 5.32 Å². The molecule has 1 unspecified atom stereocenters. The first kappa shape index (κ1) is 11.2. The lowest BCUT2D eigenvalue weighted by Gasteiger charge is -2.32. The van der Waals surface area contributed by atoms with Crippen LogP contribution in [0.3, 0.4) is 0 Å². The maximum absolute atomic E-state index is 11.6. The number of nitrogens with one attached hydrogen (secondary N) is 1. The van der Waals surface area contributed by atoms with Gasteiger partial charge in [0.1, 0.15) is 6.04 Å². The van der Waals surface area contributed by atoms with Crippen LogP contribution in [0.1, 0.15) is 26.2 Å². The number of esters is 1. The van der Waals surface area contributed by atoms with Crippen molar-refractivity contribution in [1.29, 1.82) is 0 Å². The molecule has 0 aromatic rings. The van der Waals surface area contributed by atoms with Gasteiger partial charge in [-0.2, -0.15) is 0 Å². The molecular weight excluding hydrogens is 178 g/mol. The molecule has 0 saturated heterocycles. The monoisotopic (exact) mass is 197 g/mol. The Bertz CT molecular complexity index is 199. The molecule has 1 rings (SSSR count). The molecule has 0 aliphatic heterocycles. The summed E-state index contributed by atoms with van der Waals surface area (Å²) in [6, 6.07) is -0.123. The Morgan fingerprint density at radius 3 is 2.86 bits per heavy atom. The van der Waals surface area contributed by atoms with Crippen molar-refractivity contribution in [2.45, 2.75) is 32.2 Å². The smallest absolute Gasteiger partial charge is 0.323 e. The molecule has 0 heterocycles. The minimum absolute atomic E-state index is 0.112. The first-order valence-electron chi connectivity index (χ1n) is 5.30. The fourth-order valence-electron chi connectivity index (χ4n) is 1.66. The van der Waals surface area contributed by atoms with Crippen molar-refractivity contribution in [3.05, 3.63) is 12.7 Å². The van der Waals surface area contributed by atoms with E-state index in [-0.39, 0.29) is 12.0 Å². The average Bonchev–Trinajstić information content (AvgIpc) is 2.09. The van der Waals surface area contributed by atoms with Crippen molar-refractivity contribution in [2.75, 3.05) is 13.2 Å². The first-order valence-corrected chi connectivity index (χ1v) is 5.30. The lowest BCUT2D eigenvalue weighted by atomic mass is 9.79. The van der Waals surface area contributed by atoms with Gasteiger partial charge in [-0.25, -0.2) is 0 Å². The SMILES string of the molecule is C=CCNC(C(=O)OCC)C1CCC1. The van der Waals surface area contributed by atoms with E-state index in [0.29, 0.717) is 19.1 Å². The molecular formula is C11H19NO2. The maximum Gasteiger partial charge on any atom is 0.323 e. The highest BCUT2D eigenvalue weighted by Gasteiger charge is 2.32. The number of hydrogen-bond donors (Lipinski definition) is 1. The van der Waals surface area contributed by atoms with Gasteiger partial charge in [-0.05, 0) is 25.7 Å². The Morgan fingerprint density at radius 1 is 1.71 bits per heavy atom. The summed E-state index contributed by atoms with van der Waals surface area (Å²) in [5, 5.41) is 3.16. The van der Waals surface area contributed by atoms with E-state index in [9.17, 15) is 4.79 Å². The second-order valence-electron chi connectivity index (χ2n) is 3.62. The molecule has 80 valence electrons. The Hall–Kier alpha value is -0.830. The molecule has 3 heteroatoms. The van der Waals surface area contributed by atoms with Gasteiger partial charge in [0.2, 0.25) is 0 Å². The minimum Gasteiger partial charge on any atom is -0.465 e. The van der Waals surface area contributed by atoms with Crippen LogP contribution in [0, 0.1) is 5.92 Å². The quantitative estimate of drug-likeness (QED) is 0.518. The molecule has 1 atom stereocenters. The molecule has 1 fully saturated rings. The number of ether oxygens (including phenoxy) is 1. The van der Waals surface area contributed by atoms with E-state index in [1.54, 1.807) is 6.08 Å². The lowest BCUT2D eigenvalue weighted by molar-refractivity contribution is -0.148. The normalized spacial score (nSPS) is 18.4. The fourth-order valence-corrected chi connectivity index (χ4v) is 1.66. The molecule has 1 aliphatic carbocycles. The van der Waals surface area contributed by atoms with E-state index < -0.39 is 0 Å². The number of rotatable bonds is 6. The van der Waals surface area contributed by atoms with Crippen molar-refractivity contribution >= 4 is 5.97 Å². The molecule has 0 radical (unpaired) electrons. The summed E-state index contributed by atoms with van der Waals surface area (Å²) < 4.78 is 5.02. The summed E-state index contributed by atoms with van der Waals surface area (Å²) in [6.45, 7) is 6.59. The second-order valence-corrected chi connectivity index (χ2v) is 3.62. The molecule has 0 amide bonds. The van der Waals surface area contributed by atoms with E-state index in [4.69, 9.17) is 4.74 Å². The van der Waals surface area contributed by atoms with Gasteiger partial charge < -0.3 is 10.1 Å². The summed E-state index contributed by atoms with van der Waals surface area (Å²) in [4.78, 5) is 11.6. The molecule has 1 saturated carbocycles. The second kappa shape index (κ2) is 5.81. The van der Waals surface area contributed by atoms with E-state index in [2.05, 4.69) is 11.9 Å². The number of hydrogen-bond acceptors (Lipinski definition) is 3. The molecule has 3 nitrogen and oxygen atoms in total. The zero-order chi connectivity index (χ0) is 10.4. The minimum atomic E-state index is -0.123. The Kier molecular flexibility index (Phi) is 4.66. The van der Waals surface area contributed by atoms with E-state index in [0.717, 1.165) is 12.8 Å². The lowest BCUT2D eigenvalue weighted by Crippen LogP contribution is -2.46. The highest BCUT2D eigenvalue weighted by Crippen LogP contribution is 2.30. The summed E-state index contributed by atoms with van der Waals surface area (Å²) in [5.41, 5.74) is 0. The Morgan fingerprint density at radius 2 is 2.43 bits per heavy atom. The predicted octanol–water partition coefficient (Wildman–Crippen LogP) is 1.49. The molecule has 1 aliphatic rings. The molecule has 14 heavy (non-hydrogen) atoms. The molecule has 1 N–H and O–H groups in total. The van der Waals surface area contributed by atoms with Gasteiger partial charge in [-0.1, -0.05) is 12.5 Å². The predicted molar refractivity (Wildman–Crippen MR) is 56.0 cm³/mol. The molecule has 0 bridgehead atoms. The third-order valence-corrected chi connectivity index (χ3v) is 2.64. The van der Waals surface area contributed by atoms with Gasteiger partial charge >= 0.3 is 5.97 Å². The van der Waals surface area contributed by atoms with E-state index in [1.807, 2.05) is 6.92 Å². The van der Waals surface area contributed by atoms with Crippen molar-refractivity contribution in [3.8, 4) is 0 Å². The van der Waals surface area contributed by atoms with Crippen LogP contribution in [-0.4, -0.2) is 25.2 Å². The van der Waals surface area contributed by atoms with Gasteiger partial charge in [0, 0.05) is 6.54 Å². The van der Waals surface area contributed by atoms with Gasteiger partial charge in [0.05, 0.1) is 6.61 Å². The summed E-state index contributed by atoms with van der Waals surface area (Å²) >= 11 is 0. The van der Waals surface area contributed by atoms with Crippen molar-refractivity contribution < 1.29 is 9.53 Å². The van der Waals surface area contributed by atoms with Crippen LogP contribution >= 0.6 is 0 Å². The summed E-state index contributed by atoms with van der Waals surface area (Å²) in [6.07, 6.45) is 5.27. The largest absolute Gasteiger partial charge is 0.465 e. The van der Waals surface area contributed by atoms with Gasteiger partial charge in [-0.15, -0.1) is 6.58 Å². The van der Waals surface area contributed by atoms with Crippen molar-refractivity contribution in [2.24, 2.45) is 5.92 Å². The topological polar surface area (TPSA) is 38.3 Å². The Balaban J connectivity index is 2.41. The number of carbonyl (C=O) groups excluding carboxylic acids is 1. The third kappa shape index (κ3) is 2.84. The third-order valence-electron chi connectivity index (χ3n) is 2.64. The van der Waals surface area contributed by atoms with Crippen molar-refractivity contribution in [3.63, 3.8) is 0 Å². The summed E-state index contributed by atoms with van der Waals surface area (Å²) in [7, 11) is 0. The van der Waals surface area contributed by atoms with Crippen LogP contribution in [-0.2, 0) is 9.53 Å². The van der Waals surface area contributed by atoms with Gasteiger partial charge in [0.25, 0.3) is 0 Å².